The van der Waals surface area contributed by atoms with E-state index < -0.39 is 0 Å². The van der Waals surface area contributed by atoms with Gasteiger partial charge in [-0.2, -0.15) is 0 Å². The van der Waals surface area contributed by atoms with Gasteiger partial charge in [0.05, 0.1) is 41.0 Å². The lowest BCUT2D eigenvalue weighted by Gasteiger charge is -2.23. The number of benzene rings is 3. The third kappa shape index (κ3) is 3.78. The smallest absolute Gasteiger partial charge is 0.257 e. The van der Waals surface area contributed by atoms with Crippen LogP contribution in [0.25, 0.3) is 11.0 Å². The van der Waals surface area contributed by atoms with Crippen molar-refractivity contribution in [1.29, 1.82) is 0 Å². The molecule has 1 N–H and O–H groups in total. The number of para-hydroxylation sites is 2. The summed E-state index contributed by atoms with van der Waals surface area (Å²) < 4.78 is 7.80. The fourth-order valence-electron chi connectivity index (χ4n) is 4.21. The highest BCUT2D eigenvalue weighted by Crippen LogP contribution is 2.32. The zero-order chi connectivity index (χ0) is 22.1. The number of imidazole rings is 1. The normalized spacial score (nSPS) is 13.5. The van der Waals surface area contributed by atoms with Crippen LogP contribution in [0.15, 0.2) is 66.7 Å². The van der Waals surface area contributed by atoms with Gasteiger partial charge in [-0.3, -0.25) is 4.79 Å². The minimum Gasteiger partial charge on any atom is -0.495 e. The lowest BCUT2D eigenvalue weighted by Crippen LogP contribution is -2.23. The Labute approximate surface area is 191 Å². The molecule has 0 atom stereocenters. The van der Waals surface area contributed by atoms with Gasteiger partial charge in [-0.15, -0.1) is 0 Å². The fourth-order valence-corrected chi connectivity index (χ4v) is 4.43. The highest BCUT2D eigenvalue weighted by Gasteiger charge is 2.20. The van der Waals surface area contributed by atoms with E-state index in [1.165, 1.54) is 5.52 Å². The van der Waals surface area contributed by atoms with E-state index in [2.05, 4.69) is 33.0 Å². The van der Waals surface area contributed by atoms with Crippen molar-refractivity contribution in [1.82, 2.24) is 9.55 Å². The summed E-state index contributed by atoms with van der Waals surface area (Å²) in [5, 5.41) is 3.37. The summed E-state index contributed by atoms with van der Waals surface area (Å²) in [5.41, 5.74) is 4.22. The number of nitrogens with zero attached hydrogens (tertiary/aromatic N) is 3. The van der Waals surface area contributed by atoms with E-state index >= 15 is 0 Å². The number of methoxy groups -OCH3 is 1. The zero-order valence-electron chi connectivity index (χ0n) is 17.7. The van der Waals surface area contributed by atoms with E-state index in [1.54, 1.807) is 31.4 Å². The predicted molar refractivity (Wildman–Crippen MR) is 128 cm³/mol. The molecule has 7 heteroatoms. The van der Waals surface area contributed by atoms with Gasteiger partial charge in [-0.25, -0.2) is 4.98 Å². The van der Waals surface area contributed by atoms with Crippen LogP contribution in [0.5, 0.6) is 5.75 Å². The second-order valence-corrected chi connectivity index (χ2v) is 8.17. The molecule has 0 saturated heterocycles. The number of carbonyl (C=O) groups excluding carboxylic acids is 1. The number of hydrogen-bond acceptors (Lipinski definition) is 4. The van der Waals surface area contributed by atoms with Crippen LogP contribution >= 0.6 is 11.6 Å². The van der Waals surface area contributed by atoms with Crippen molar-refractivity contribution in [2.45, 2.75) is 19.5 Å². The Morgan fingerprint density at radius 2 is 1.88 bits per heavy atom. The van der Waals surface area contributed by atoms with Gasteiger partial charge in [0.1, 0.15) is 11.6 Å². The average Bonchev–Trinajstić information content (AvgIpc) is 3.01. The number of carbonyl (C=O) groups is 1. The van der Waals surface area contributed by atoms with Gasteiger partial charge in [0.15, 0.2) is 0 Å². The van der Waals surface area contributed by atoms with Crippen LogP contribution in [0.2, 0.25) is 5.02 Å². The van der Waals surface area contributed by atoms with Crippen molar-refractivity contribution in [3.63, 3.8) is 0 Å². The molecule has 0 bridgehead atoms. The third-order valence-electron chi connectivity index (χ3n) is 5.79. The summed E-state index contributed by atoms with van der Waals surface area (Å²) in [6.45, 7) is 2.51. The minimum atomic E-state index is -0.274. The first-order valence-electron chi connectivity index (χ1n) is 10.6. The van der Waals surface area contributed by atoms with Gasteiger partial charge < -0.3 is 19.5 Å². The molecule has 0 radical (unpaired) electrons. The molecule has 162 valence electrons. The standard InChI is InChI=1S/C25H23ClN4O2/c1-32-23-12-11-17(15-21(23)28-25(31)18-7-2-3-8-19(18)26)29-13-6-14-30-22-10-5-4-9-20(22)27-24(30)16-29/h2-5,7-12,15H,6,13-14,16H2,1H3,(H,28,31). The predicted octanol–water partition coefficient (Wildman–Crippen LogP) is 5.36. The van der Waals surface area contributed by atoms with Crippen molar-refractivity contribution in [3.8, 4) is 5.75 Å². The van der Waals surface area contributed by atoms with Crippen molar-refractivity contribution in [2.75, 3.05) is 23.9 Å². The molecule has 0 spiro atoms. The molecular weight excluding hydrogens is 424 g/mol. The first-order chi connectivity index (χ1) is 15.6. The topological polar surface area (TPSA) is 59.4 Å². The molecule has 0 unspecified atom stereocenters. The van der Waals surface area contributed by atoms with E-state index in [4.69, 9.17) is 21.3 Å². The summed E-state index contributed by atoms with van der Waals surface area (Å²) in [4.78, 5) is 20.0. The maximum absolute atomic E-state index is 12.8. The summed E-state index contributed by atoms with van der Waals surface area (Å²) in [6, 6.07) is 21.1. The van der Waals surface area contributed by atoms with Gasteiger partial charge in [0.25, 0.3) is 5.91 Å². The van der Waals surface area contributed by atoms with Crippen LogP contribution in [-0.4, -0.2) is 29.1 Å². The van der Waals surface area contributed by atoms with Crippen LogP contribution in [0.1, 0.15) is 22.6 Å². The number of nitrogens with one attached hydrogen (secondary N) is 1. The monoisotopic (exact) mass is 446 g/mol. The molecule has 5 rings (SSSR count). The highest BCUT2D eigenvalue weighted by atomic mass is 35.5. The van der Waals surface area contributed by atoms with E-state index in [1.807, 2.05) is 24.3 Å². The van der Waals surface area contributed by atoms with Gasteiger partial charge >= 0.3 is 0 Å². The quantitative estimate of drug-likeness (QED) is 0.458. The maximum atomic E-state index is 12.8. The number of hydrogen-bond donors (Lipinski definition) is 1. The van der Waals surface area contributed by atoms with E-state index in [0.717, 1.165) is 36.5 Å². The summed E-state index contributed by atoms with van der Waals surface area (Å²) >= 11 is 6.20. The summed E-state index contributed by atoms with van der Waals surface area (Å²) in [7, 11) is 1.59. The van der Waals surface area contributed by atoms with Gasteiger partial charge in [0.2, 0.25) is 0 Å². The molecule has 1 aliphatic rings. The molecule has 1 aromatic heterocycles. The Morgan fingerprint density at radius 1 is 1.06 bits per heavy atom. The molecule has 6 nitrogen and oxygen atoms in total. The molecule has 0 saturated carbocycles. The average molecular weight is 447 g/mol. The van der Waals surface area contributed by atoms with E-state index in [-0.39, 0.29) is 5.91 Å². The zero-order valence-corrected chi connectivity index (χ0v) is 18.5. The number of ether oxygens (including phenoxy) is 1. The Kier molecular flexibility index (Phi) is 5.45. The molecule has 32 heavy (non-hydrogen) atoms. The largest absolute Gasteiger partial charge is 0.495 e. The SMILES string of the molecule is COc1ccc(N2CCCn3c(nc4ccccc43)C2)cc1NC(=O)c1ccccc1Cl. The Hall–Kier alpha value is -3.51. The lowest BCUT2D eigenvalue weighted by molar-refractivity contribution is 0.102. The molecule has 3 aromatic carbocycles. The molecule has 1 amide bonds. The van der Waals surface area contributed by atoms with Gasteiger partial charge in [-0.05, 0) is 48.9 Å². The van der Waals surface area contributed by atoms with Crippen molar-refractivity contribution < 1.29 is 9.53 Å². The lowest BCUT2D eigenvalue weighted by atomic mass is 10.2. The molecule has 4 aromatic rings. The number of rotatable bonds is 4. The number of fused-ring (bicyclic) bond motifs is 3. The summed E-state index contributed by atoms with van der Waals surface area (Å²) in [5.74, 6) is 1.36. The Morgan fingerprint density at radius 3 is 2.72 bits per heavy atom. The summed E-state index contributed by atoms with van der Waals surface area (Å²) in [6.07, 6.45) is 1.00. The Bertz CT molecular complexity index is 1300. The van der Waals surface area contributed by atoms with Crippen LogP contribution in [-0.2, 0) is 13.1 Å². The van der Waals surface area contributed by atoms with Crippen molar-refractivity contribution >= 4 is 39.9 Å². The van der Waals surface area contributed by atoms with Crippen LogP contribution in [0.3, 0.4) is 0 Å². The van der Waals surface area contributed by atoms with Crippen molar-refractivity contribution in [3.05, 3.63) is 83.1 Å². The molecule has 1 aliphatic heterocycles. The first kappa shape index (κ1) is 20.4. The van der Waals surface area contributed by atoms with Crippen LogP contribution in [0.4, 0.5) is 11.4 Å². The van der Waals surface area contributed by atoms with E-state index in [0.29, 0.717) is 28.6 Å². The fraction of sp³-hybridized carbons (Fsp3) is 0.200. The van der Waals surface area contributed by atoms with Gasteiger partial charge in [-0.1, -0.05) is 35.9 Å². The second-order valence-electron chi connectivity index (χ2n) is 7.76. The number of amides is 1. The number of halogens is 1. The second kappa shape index (κ2) is 8.55. The number of aromatic nitrogens is 2. The number of aryl methyl sites for hydroxylation is 1. The van der Waals surface area contributed by atoms with E-state index in [9.17, 15) is 4.79 Å². The van der Waals surface area contributed by atoms with Gasteiger partial charge in [0, 0.05) is 18.8 Å². The molecule has 0 aliphatic carbocycles. The molecule has 2 heterocycles. The molecule has 0 fully saturated rings. The molecular formula is C25H23ClN4O2. The Balaban J connectivity index is 1.45. The van der Waals surface area contributed by atoms with Crippen molar-refractivity contribution in [2.24, 2.45) is 0 Å². The van der Waals surface area contributed by atoms with Crippen LogP contribution < -0.4 is 15.0 Å². The maximum Gasteiger partial charge on any atom is 0.257 e. The third-order valence-corrected chi connectivity index (χ3v) is 6.12. The number of anilines is 2. The highest BCUT2D eigenvalue weighted by molar-refractivity contribution is 6.34. The van der Waals surface area contributed by atoms with Crippen LogP contribution in [0, 0.1) is 0 Å². The minimum absolute atomic E-state index is 0.274. The first-order valence-corrected chi connectivity index (χ1v) is 10.9.